The molecule has 2 N–H and O–H groups in total. The van der Waals surface area contributed by atoms with Crippen molar-refractivity contribution in [1.29, 1.82) is 0 Å². The minimum atomic E-state index is -4.09. The molecular weight excluding hydrogens is 462 g/mol. The van der Waals surface area contributed by atoms with Crippen molar-refractivity contribution in [2.75, 3.05) is 22.7 Å². The molecule has 9 heteroatoms. The average Bonchev–Trinajstić information content (AvgIpc) is 2.82. The Morgan fingerprint density at radius 1 is 0.909 bits per heavy atom. The van der Waals surface area contributed by atoms with E-state index in [1.807, 2.05) is 6.92 Å². The zero-order valence-corrected chi connectivity index (χ0v) is 19.6. The monoisotopic (exact) mass is 485 g/mol. The SMILES string of the molecule is CCCNC(=O)c1ccccc1NC(=O)CN(c1ccccc1Cl)S(=O)(=O)c1ccccc1. The van der Waals surface area contributed by atoms with Crippen LogP contribution in [0, 0.1) is 0 Å². The molecule has 0 aromatic heterocycles. The standard InChI is InChI=1S/C24H24ClN3O4S/c1-2-16-26-24(30)19-12-6-8-14-21(19)27-23(29)17-28(22-15-9-7-13-20(22)25)33(31,32)18-10-4-3-5-11-18/h3-15H,2,16-17H2,1H3,(H,26,30)(H,27,29). The molecule has 0 bridgehead atoms. The molecule has 0 fully saturated rings. The van der Waals surface area contributed by atoms with E-state index >= 15 is 0 Å². The highest BCUT2D eigenvalue weighted by molar-refractivity contribution is 7.92. The lowest BCUT2D eigenvalue weighted by Gasteiger charge is -2.25. The summed E-state index contributed by atoms with van der Waals surface area (Å²) in [6, 6.07) is 20.7. The average molecular weight is 486 g/mol. The first kappa shape index (κ1) is 24.3. The summed E-state index contributed by atoms with van der Waals surface area (Å²) in [6.07, 6.45) is 0.768. The molecule has 0 heterocycles. The topological polar surface area (TPSA) is 95.6 Å². The summed E-state index contributed by atoms with van der Waals surface area (Å²) in [6.45, 7) is 1.90. The van der Waals surface area contributed by atoms with E-state index in [2.05, 4.69) is 10.6 Å². The predicted molar refractivity (Wildman–Crippen MR) is 130 cm³/mol. The molecule has 0 saturated heterocycles. The Kier molecular flexibility index (Phi) is 8.08. The highest BCUT2D eigenvalue weighted by Gasteiger charge is 2.29. The van der Waals surface area contributed by atoms with E-state index in [0.717, 1.165) is 10.7 Å². The van der Waals surface area contributed by atoms with E-state index in [9.17, 15) is 18.0 Å². The molecule has 2 amide bonds. The van der Waals surface area contributed by atoms with Crippen molar-refractivity contribution in [2.24, 2.45) is 0 Å². The number of carbonyl (C=O) groups is 2. The van der Waals surface area contributed by atoms with Gasteiger partial charge in [-0.1, -0.05) is 61.0 Å². The third kappa shape index (κ3) is 5.91. The van der Waals surface area contributed by atoms with Crippen LogP contribution in [0.1, 0.15) is 23.7 Å². The molecule has 0 aliphatic carbocycles. The van der Waals surface area contributed by atoms with Crippen LogP contribution in [-0.4, -0.2) is 33.3 Å². The van der Waals surface area contributed by atoms with Gasteiger partial charge in [0.1, 0.15) is 6.54 Å². The van der Waals surface area contributed by atoms with Gasteiger partial charge in [-0.15, -0.1) is 0 Å². The molecule has 172 valence electrons. The predicted octanol–water partition coefficient (Wildman–Crippen LogP) is 4.31. The van der Waals surface area contributed by atoms with E-state index in [1.165, 1.54) is 18.2 Å². The Hall–Kier alpha value is -3.36. The minimum Gasteiger partial charge on any atom is -0.352 e. The van der Waals surface area contributed by atoms with Gasteiger partial charge in [-0.25, -0.2) is 8.42 Å². The minimum absolute atomic E-state index is 0.0251. The highest BCUT2D eigenvalue weighted by atomic mass is 35.5. The van der Waals surface area contributed by atoms with Crippen LogP contribution in [0.25, 0.3) is 0 Å². The fourth-order valence-electron chi connectivity index (χ4n) is 3.12. The quantitative estimate of drug-likeness (QED) is 0.472. The van der Waals surface area contributed by atoms with Gasteiger partial charge >= 0.3 is 0 Å². The molecule has 0 unspecified atom stereocenters. The normalized spacial score (nSPS) is 11.0. The molecule has 7 nitrogen and oxygen atoms in total. The van der Waals surface area contributed by atoms with Gasteiger partial charge in [-0.2, -0.15) is 0 Å². The molecule has 3 aromatic rings. The largest absolute Gasteiger partial charge is 0.352 e. The number of nitrogens with one attached hydrogen (secondary N) is 2. The summed E-state index contributed by atoms with van der Waals surface area (Å²) in [5, 5.41) is 5.61. The Labute approximate surface area is 198 Å². The Morgan fingerprint density at radius 2 is 1.55 bits per heavy atom. The lowest BCUT2D eigenvalue weighted by atomic mass is 10.1. The van der Waals surface area contributed by atoms with Crippen LogP contribution < -0.4 is 14.9 Å². The number of hydrogen-bond donors (Lipinski definition) is 2. The van der Waals surface area contributed by atoms with Gasteiger partial charge in [0.25, 0.3) is 15.9 Å². The lowest BCUT2D eigenvalue weighted by molar-refractivity contribution is -0.114. The lowest BCUT2D eigenvalue weighted by Crippen LogP contribution is -2.38. The number of hydrogen-bond acceptors (Lipinski definition) is 4. The Balaban J connectivity index is 1.92. The van der Waals surface area contributed by atoms with Crippen LogP contribution in [0.2, 0.25) is 5.02 Å². The molecular formula is C24H24ClN3O4S. The molecule has 0 aliphatic heterocycles. The van der Waals surface area contributed by atoms with Crippen LogP contribution in [0.5, 0.6) is 0 Å². The van der Waals surface area contributed by atoms with E-state index in [0.29, 0.717) is 6.54 Å². The van der Waals surface area contributed by atoms with Gasteiger partial charge in [0.15, 0.2) is 0 Å². The molecule has 0 aliphatic rings. The Bertz CT molecular complexity index is 1230. The number of benzene rings is 3. The number of sulfonamides is 1. The summed E-state index contributed by atoms with van der Waals surface area (Å²) in [5.41, 5.74) is 0.744. The van der Waals surface area contributed by atoms with Gasteiger partial charge < -0.3 is 10.6 Å². The summed E-state index contributed by atoms with van der Waals surface area (Å²) in [4.78, 5) is 25.5. The molecule has 0 atom stereocenters. The van der Waals surface area contributed by atoms with E-state index < -0.39 is 22.5 Å². The molecule has 0 radical (unpaired) electrons. The number of halogens is 1. The van der Waals surface area contributed by atoms with Crippen LogP contribution >= 0.6 is 11.6 Å². The highest BCUT2D eigenvalue weighted by Crippen LogP contribution is 2.30. The second kappa shape index (κ2) is 11.0. The second-order valence-electron chi connectivity index (χ2n) is 7.13. The van der Waals surface area contributed by atoms with Gasteiger partial charge in [-0.05, 0) is 42.8 Å². The van der Waals surface area contributed by atoms with Crippen molar-refractivity contribution in [2.45, 2.75) is 18.2 Å². The fraction of sp³-hybridized carbons (Fsp3) is 0.167. The van der Waals surface area contributed by atoms with Crippen LogP contribution in [0.4, 0.5) is 11.4 Å². The first-order valence-electron chi connectivity index (χ1n) is 10.3. The first-order valence-corrected chi connectivity index (χ1v) is 12.2. The molecule has 3 aromatic carbocycles. The fourth-order valence-corrected chi connectivity index (χ4v) is 4.87. The third-order valence-electron chi connectivity index (χ3n) is 4.72. The molecule has 33 heavy (non-hydrogen) atoms. The maximum absolute atomic E-state index is 13.4. The van der Waals surface area contributed by atoms with Crippen molar-refractivity contribution in [3.05, 3.63) is 89.4 Å². The maximum Gasteiger partial charge on any atom is 0.264 e. The molecule has 0 spiro atoms. The molecule has 0 saturated carbocycles. The zero-order chi connectivity index (χ0) is 23.8. The van der Waals surface area contributed by atoms with Crippen molar-refractivity contribution < 1.29 is 18.0 Å². The van der Waals surface area contributed by atoms with Crippen LogP contribution in [0.15, 0.2) is 83.8 Å². The summed E-state index contributed by atoms with van der Waals surface area (Å²) < 4.78 is 27.7. The zero-order valence-electron chi connectivity index (χ0n) is 18.0. The van der Waals surface area contributed by atoms with Gasteiger partial charge in [-0.3, -0.25) is 13.9 Å². The summed E-state index contributed by atoms with van der Waals surface area (Å²) in [7, 11) is -4.09. The van der Waals surface area contributed by atoms with Gasteiger partial charge in [0.05, 0.1) is 26.9 Å². The maximum atomic E-state index is 13.4. The van der Waals surface area contributed by atoms with Crippen molar-refractivity contribution >= 4 is 44.8 Å². The van der Waals surface area contributed by atoms with Crippen molar-refractivity contribution in [3.8, 4) is 0 Å². The smallest absolute Gasteiger partial charge is 0.264 e. The first-order chi connectivity index (χ1) is 15.8. The number of amides is 2. The second-order valence-corrected chi connectivity index (χ2v) is 9.40. The van der Waals surface area contributed by atoms with Gasteiger partial charge in [0.2, 0.25) is 5.91 Å². The summed E-state index contributed by atoms with van der Waals surface area (Å²) in [5.74, 6) is -0.946. The number of carbonyl (C=O) groups excluding carboxylic acids is 2. The third-order valence-corrected chi connectivity index (χ3v) is 6.81. The number of para-hydroxylation sites is 2. The summed E-state index contributed by atoms with van der Waals surface area (Å²) >= 11 is 6.28. The number of nitrogens with zero attached hydrogens (tertiary/aromatic N) is 1. The number of rotatable bonds is 9. The van der Waals surface area contributed by atoms with Gasteiger partial charge in [0, 0.05) is 6.54 Å². The van der Waals surface area contributed by atoms with Crippen molar-refractivity contribution in [3.63, 3.8) is 0 Å². The Morgan fingerprint density at radius 3 is 2.24 bits per heavy atom. The van der Waals surface area contributed by atoms with E-state index in [1.54, 1.807) is 60.7 Å². The number of anilines is 2. The van der Waals surface area contributed by atoms with E-state index in [4.69, 9.17) is 11.6 Å². The molecule has 3 rings (SSSR count). The van der Waals surface area contributed by atoms with Crippen LogP contribution in [0.3, 0.4) is 0 Å². The van der Waals surface area contributed by atoms with Crippen LogP contribution in [-0.2, 0) is 14.8 Å². The van der Waals surface area contributed by atoms with Crippen molar-refractivity contribution in [1.82, 2.24) is 5.32 Å². The van der Waals surface area contributed by atoms with E-state index in [-0.39, 0.29) is 32.8 Å².